The third kappa shape index (κ3) is 3.81. The van der Waals surface area contributed by atoms with Crippen molar-refractivity contribution in [2.24, 2.45) is 0 Å². The molecule has 1 aromatic carbocycles. The van der Waals surface area contributed by atoms with Crippen LogP contribution in [0.25, 0.3) is 0 Å². The molecule has 0 radical (unpaired) electrons. The molecule has 1 aliphatic heterocycles. The summed E-state index contributed by atoms with van der Waals surface area (Å²) in [4.78, 5) is 20.6. The van der Waals surface area contributed by atoms with Crippen molar-refractivity contribution < 1.29 is 13.6 Å². The number of benzene rings is 1. The largest absolute Gasteiger partial charge is 0.346 e. The van der Waals surface area contributed by atoms with Gasteiger partial charge in [0.15, 0.2) is 5.13 Å². The highest BCUT2D eigenvalue weighted by Crippen LogP contribution is 2.22. The zero-order valence-electron chi connectivity index (χ0n) is 13.3. The number of nitrogens with one attached hydrogen (secondary N) is 1. The van der Waals surface area contributed by atoms with E-state index in [0.29, 0.717) is 19.6 Å². The molecule has 0 aliphatic carbocycles. The fraction of sp³-hybridized carbons (Fsp3) is 0.375. The van der Waals surface area contributed by atoms with E-state index in [1.165, 1.54) is 6.07 Å². The molecule has 5 nitrogen and oxygen atoms in total. The lowest BCUT2D eigenvalue weighted by Crippen LogP contribution is -2.38. The van der Waals surface area contributed by atoms with Gasteiger partial charge in [-0.1, -0.05) is 0 Å². The number of carbonyl (C=O) groups excluding carboxylic acids is 1. The summed E-state index contributed by atoms with van der Waals surface area (Å²) >= 11 is 1.59. The number of amides is 2. The molecule has 1 aromatic heterocycles. The summed E-state index contributed by atoms with van der Waals surface area (Å²) in [5, 5.41) is 5.47. The SMILES string of the molecule is Cc1csc(N2CCCN(C(=O)Nc3ccc(F)cc3F)CC2)n1. The molecular weight excluding hydrogens is 334 g/mol. The van der Waals surface area contributed by atoms with Gasteiger partial charge in [0.1, 0.15) is 11.6 Å². The summed E-state index contributed by atoms with van der Waals surface area (Å²) in [7, 11) is 0. The molecule has 1 aliphatic rings. The molecular formula is C16H18F2N4OS. The molecule has 24 heavy (non-hydrogen) atoms. The summed E-state index contributed by atoms with van der Waals surface area (Å²) in [6, 6.07) is 2.72. The smallest absolute Gasteiger partial charge is 0.321 e. The number of aromatic nitrogens is 1. The van der Waals surface area contributed by atoms with Gasteiger partial charge in [-0.2, -0.15) is 0 Å². The van der Waals surface area contributed by atoms with Gasteiger partial charge < -0.3 is 15.1 Å². The summed E-state index contributed by atoms with van der Waals surface area (Å²) < 4.78 is 26.6. The number of urea groups is 1. The summed E-state index contributed by atoms with van der Waals surface area (Å²) in [6.45, 7) is 4.55. The Balaban J connectivity index is 1.62. The molecule has 0 saturated carbocycles. The number of rotatable bonds is 2. The molecule has 0 bridgehead atoms. The third-order valence-corrected chi connectivity index (χ3v) is 4.85. The fourth-order valence-corrected chi connectivity index (χ4v) is 3.44. The van der Waals surface area contributed by atoms with Crippen molar-refractivity contribution in [3.05, 3.63) is 40.9 Å². The van der Waals surface area contributed by atoms with Crippen molar-refractivity contribution in [1.82, 2.24) is 9.88 Å². The number of carbonyl (C=O) groups is 1. The van der Waals surface area contributed by atoms with Crippen molar-refractivity contribution in [1.29, 1.82) is 0 Å². The number of nitrogens with zero attached hydrogens (tertiary/aromatic N) is 3. The van der Waals surface area contributed by atoms with Crippen LogP contribution in [0.5, 0.6) is 0 Å². The molecule has 1 saturated heterocycles. The van der Waals surface area contributed by atoms with E-state index in [-0.39, 0.29) is 11.7 Å². The average Bonchev–Trinajstić information content (AvgIpc) is 2.83. The molecule has 1 N–H and O–H groups in total. The standard InChI is InChI=1S/C16H18F2N4OS/c1-11-10-24-16(19-11)22-6-2-5-21(7-8-22)15(23)20-14-4-3-12(17)9-13(14)18/h3-4,9-10H,2,5-8H2,1H3,(H,20,23). The maximum atomic E-state index is 13.7. The molecule has 128 valence electrons. The first kappa shape index (κ1) is 16.6. The second-order valence-corrected chi connectivity index (χ2v) is 6.49. The van der Waals surface area contributed by atoms with Gasteiger partial charge in [0, 0.05) is 37.6 Å². The van der Waals surface area contributed by atoms with Crippen molar-refractivity contribution in [3.63, 3.8) is 0 Å². The highest BCUT2D eigenvalue weighted by molar-refractivity contribution is 7.13. The first-order valence-electron chi connectivity index (χ1n) is 7.71. The Kier molecular flexibility index (Phi) is 4.94. The molecule has 1 fully saturated rings. The van der Waals surface area contributed by atoms with Crippen LogP contribution in [0, 0.1) is 18.6 Å². The van der Waals surface area contributed by atoms with Crippen LogP contribution < -0.4 is 10.2 Å². The second-order valence-electron chi connectivity index (χ2n) is 5.65. The predicted octanol–water partition coefficient (Wildman–Crippen LogP) is 3.47. The number of aryl methyl sites for hydroxylation is 1. The number of hydrogen-bond acceptors (Lipinski definition) is 4. The van der Waals surface area contributed by atoms with Gasteiger partial charge in [-0.3, -0.25) is 0 Å². The molecule has 3 rings (SSSR count). The zero-order chi connectivity index (χ0) is 17.1. The molecule has 0 spiro atoms. The van der Waals surface area contributed by atoms with E-state index in [4.69, 9.17) is 0 Å². The zero-order valence-corrected chi connectivity index (χ0v) is 14.1. The maximum absolute atomic E-state index is 13.7. The Labute approximate surface area is 142 Å². The molecule has 0 unspecified atom stereocenters. The summed E-state index contributed by atoms with van der Waals surface area (Å²) in [5.74, 6) is -1.45. The van der Waals surface area contributed by atoms with Crippen LogP contribution in [0.2, 0.25) is 0 Å². The van der Waals surface area contributed by atoms with Gasteiger partial charge in [0.25, 0.3) is 0 Å². The van der Waals surface area contributed by atoms with Crippen LogP contribution in [0.15, 0.2) is 23.6 Å². The summed E-state index contributed by atoms with van der Waals surface area (Å²) in [5.41, 5.74) is 0.971. The Morgan fingerprint density at radius 1 is 1.25 bits per heavy atom. The minimum atomic E-state index is -0.780. The van der Waals surface area contributed by atoms with Crippen LogP contribution >= 0.6 is 11.3 Å². The van der Waals surface area contributed by atoms with E-state index in [1.807, 2.05) is 12.3 Å². The Morgan fingerprint density at radius 2 is 2.08 bits per heavy atom. The topological polar surface area (TPSA) is 48.5 Å². The van der Waals surface area contributed by atoms with Crippen molar-refractivity contribution in [2.45, 2.75) is 13.3 Å². The quantitative estimate of drug-likeness (QED) is 0.900. The van der Waals surface area contributed by atoms with Gasteiger partial charge >= 0.3 is 6.03 Å². The molecule has 2 aromatic rings. The van der Waals surface area contributed by atoms with Crippen LogP contribution in [-0.4, -0.2) is 42.1 Å². The normalized spacial score (nSPS) is 15.3. The summed E-state index contributed by atoms with van der Waals surface area (Å²) in [6.07, 6.45) is 0.804. The predicted molar refractivity (Wildman–Crippen MR) is 90.6 cm³/mol. The maximum Gasteiger partial charge on any atom is 0.321 e. The van der Waals surface area contributed by atoms with Crippen LogP contribution in [0.1, 0.15) is 12.1 Å². The van der Waals surface area contributed by atoms with E-state index in [9.17, 15) is 13.6 Å². The Morgan fingerprint density at radius 3 is 2.79 bits per heavy atom. The molecule has 0 atom stereocenters. The molecule has 8 heteroatoms. The first-order valence-corrected chi connectivity index (χ1v) is 8.59. The molecule has 2 amide bonds. The van der Waals surface area contributed by atoms with Gasteiger partial charge in [-0.15, -0.1) is 11.3 Å². The van der Waals surface area contributed by atoms with Gasteiger partial charge in [0.05, 0.1) is 11.4 Å². The van der Waals surface area contributed by atoms with Crippen molar-refractivity contribution in [2.75, 3.05) is 36.4 Å². The van der Waals surface area contributed by atoms with Crippen LogP contribution in [0.3, 0.4) is 0 Å². The van der Waals surface area contributed by atoms with Crippen molar-refractivity contribution in [3.8, 4) is 0 Å². The fourth-order valence-electron chi connectivity index (χ4n) is 2.58. The van der Waals surface area contributed by atoms with Crippen molar-refractivity contribution >= 4 is 28.2 Å². The monoisotopic (exact) mass is 352 g/mol. The first-order chi connectivity index (χ1) is 11.5. The van der Waals surface area contributed by atoms with E-state index in [1.54, 1.807) is 16.2 Å². The minimum absolute atomic E-state index is 0.0157. The minimum Gasteiger partial charge on any atom is -0.346 e. The Bertz CT molecular complexity index is 737. The lowest BCUT2D eigenvalue weighted by atomic mass is 10.3. The van der Waals surface area contributed by atoms with E-state index < -0.39 is 11.6 Å². The third-order valence-electron chi connectivity index (χ3n) is 3.83. The molecule has 2 heterocycles. The van der Waals surface area contributed by atoms with E-state index in [0.717, 1.165) is 35.9 Å². The van der Waals surface area contributed by atoms with Gasteiger partial charge in [0.2, 0.25) is 0 Å². The number of hydrogen-bond donors (Lipinski definition) is 1. The highest BCUT2D eigenvalue weighted by atomic mass is 32.1. The lowest BCUT2D eigenvalue weighted by Gasteiger charge is -2.22. The van der Waals surface area contributed by atoms with Gasteiger partial charge in [-0.25, -0.2) is 18.6 Å². The van der Waals surface area contributed by atoms with E-state index in [2.05, 4.69) is 15.2 Å². The second kappa shape index (κ2) is 7.12. The van der Waals surface area contributed by atoms with Crippen LogP contribution in [-0.2, 0) is 0 Å². The number of halogens is 2. The lowest BCUT2D eigenvalue weighted by molar-refractivity contribution is 0.215. The van der Waals surface area contributed by atoms with Gasteiger partial charge in [-0.05, 0) is 25.5 Å². The number of thiazole rings is 1. The van der Waals surface area contributed by atoms with E-state index >= 15 is 0 Å². The Hall–Kier alpha value is -2.22. The highest BCUT2D eigenvalue weighted by Gasteiger charge is 2.21. The average molecular weight is 352 g/mol. The van der Waals surface area contributed by atoms with Crippen LogP contribution in [0.4, 0.5) is 24.4 Å². The number of anilines is 2.